The zero-order valence-corrected chi connectivity index (χ0v) is 8.89. The van der Waals surface area contributed by atoms with Crippen molar-refractivity contribution >= 4 is 20.7 Å². The van der Waals surface area contributed by atoms with Gasteiger partial charge < -0.3 is 0 Å². The molecule has 2 aromatic rings. The van der Waals surface area contributed by atoms with E-state index in [2.05, 4.69) is 3.98 Å². The number of carboxylic acid groups (broad SMARTS) is 1. The van der Waals surface area contributed by atoms with Gasteiger partial charge in [-0.3, -0.25) is 0 Å². The van der Waals surface area contributed by atoms with Crippen molar-refractivity contribution in [1.29, 1.82) is 0 Å². The molecule has 0 fully saturated rings. The van der Waals surface area contributed by atoms with E-state index in [9.17, 15) is 4.79 Å². The summed E-state index contributed by atoms with van der Waals surface area (Å²) in [5.74, 6) is -0.946. The van der Waals surface area contributed by atoms with Gasteiger partial charge in [-0.15, -0.1) is 0 Å². The van der Waals surface area contributed by atoms with Crippen LogP contribution in [0.3, 0.4) is 0 Å². The Labute approximate surface area is 87.0 Å². The molecule has 14 heavy (non-hydrogen) atoms. The maximum absolute atomic E-state index is 10.6. The van der Waals surface area contributed by atoms with Gasteiger partial charge in [0.05, 0.1) is 0 Å². The molecule has 0 saturated carbocycles. The summed E-state index contributed by atoms with van der Waals surface area (Å²) in [4.78, 5) is 10.6. The molecule has 0 radical (unpaired) electrons. The molecule has 4 heteroatoms. The van der Waals surface area contributed by atoms with E-state index in [1.165, 1.54) is 0 Å². The van der Waals surface area contributed by atoms with Gasteiger partial charge in [0.15, 0.2) is 0 Å². The molecule has 2 rings (SSSR count). The fourth-order valence-corrected chi connectivity index (χ4v) is 2.65. The van der Waals surface area contributed by atoms with Crippen molar-refractivity contribution in [3.63, 3.8) is 0 Å². The third kappa shape index (κ3) is 1.76. The predicted molar refractivity (Wildman–Crippen MR) is 53.6 cm³/mol. The molecule has 1 heterocycles. The van der Waals surface area contributed by atoms with Gasteiger partial charge >= 0.3 is 86.7 Å². The predicted octanol–water partition coefficient (Wildman–Crippen LogP) is 1.50. The van der Waals surface area contributed by atoms with E-state index in [4.69, 9.17) is 5.11 Å². The molecule has 0 unspecified atom stereocenters. The van der Waals surface area contributed by atoms with Crippen molar-refractivity contribution in [2.45, 2.75) is 0 Å². The molecule has 0 amide bonds. The van der Waals surface area contributed by atoms with Gasteiger partial charge in [0, 0.05) is 0 Å². The first-order valence-corrected chi connectivity index (χ1v) is 5.65. The molecule has 0 aliphatic rings. The van der Waals surface area contributed by atoms with Gasteiger partial charge in [-0.1, -0.05) is 0 Å². The third-order valence-electron chi connectivity index (χ3n) is 1.79. The summed E-state index contributed by atoms with van der Waals surface area (Å²) in [5, 5.41) is 8.71. The van der Waals surface area contributed by atoms with Crippen LogP contribution in [0.1, 0.15) is 10.5 Å². The summed E-state index contributed by atoms with van der Waals surface area (Å²) >= 11 is -0.0882. The van der Waals surface area contributed by atoms with Crippen LogP contribution < -0.4 is 0 Å². The molecule has 0 saturated heterocycles. The zero-order valence-electron chi connectivity index (χ0n) is 7.18. The van der Waals surface area contributed by atoms with E-state index < -0.39 is 5.97 Å². The average Bonchev–Trinajstić information content (AvgIpc) is 2.68. The number of nitrogens with zero attached hydrogens (tertiary/aromatic N) is 1. The number of rotatable bonds is 2. The normalized spacial score (nSPS) is 10.0. The van der Waals surface area contributed by atoms with Crippen LogP contribution in [0, 0.1) is 0 Å². The van der Waals surface area contributed by atoms with Gasteiger partial charge in [-0.05, 0) is 0 Å². The topological polar surface area (TPSA) is 50.2 Å². The van der Waals surface area contributed by atoms with Crippen LogP contribution in [-0.4, -0.2) is 29.8 Å². The van der Waals surface area contributed by atoms with Crippen molar-refractivity contribution in [3.05, 3.63) is 42.1 Å². The Morgan fingerprint density at radius 2 is 2.00 bits per heavy atom. The summed E-state index contributed by atoms with van der Waals surface area (Å²) in [5.41, 5.74) is 1.23. The molecule has 1 aromatic heterocycles. The van der Waals surface area contributed by atoms with E-state index >= 15 is 0 Å². The Bertz CT molecular complexity index is 450. The fraction of sp³-hybridized carbons (Fsp3) is 0. The molecule has 0 atom stereocenters. The van der Waals surface area contributed by atoms with Crippen molar-refractivity contribution in [2.24, 2.45) is 0 Å². The number of aromatic carboxylic acids is 1. The second kappa shape index (κ2) is 3.78. The first-order chi connectivity index (χ1) is 6.77. The summed E-state index contributed by atoms with van der Waals surface area (Å²) in [6.45, 7) is 0. The van der Waals surface area contributed by atoms with Crippen molar-refractivity contribution in [1.82, 2.24) is 3.98 Å². The molecule has 1 aromatic carbocycles. The number of hydrogen-bond donors (Lipinski definition) is 1. The van der Waals surface area contributed by atoms with Gasteiger partial charge in [-0.25, -0.2) is 0 Å². The Hall–Kier alpha value is -1.38. The maximum atomic E-state index is 10.6. The van der Waals surface area contributed by atoms with Gasteiger partial charge in [0.25, 0.3) is 0 Å². The Morgan fingerprint density at radius 1 is 1.29 bits per heavy atom. The van der Waals surface area contributed by atoms with Gasteiger partial charge in [-0.2, -0.15) is 0 Å². The minimum atomic E-state index is -0.946. The van der Waals surface area contributed by atoms with Gasteiger partial charge in [0.2, 0.25) is 0 Å². The SMILES string of the molecule is O=C(O)c1cc(-c2ccccc2)[se]n1. The molecule has 3 nitrogen and oxygen atoms in total. The standard InChI is InChI=1S/C10H7NO2Se/c12-10(13)8-6-9(14-11-8)7-4-2-1-3-5-7/h1-6H,(H,12,13). The van der Waals surface area contributed by atoms with Crippen LogP contribution in [0.4, 0.5) is 0 Å². The van der Waals surface area contributed by atoms with E-state index in [0.717, 1.165) is 10.0 Å². The summed E-state index contributed by atoms with van der Waals surface area (Å²) in [7, 11) is 0. The van der Waals surface area contributed by atoms with Crippen molar-refractivity contribution < 1.29 is 9.90 Å². The molecule has 70 valence electrons. The van der Waals surface area contributed by atoms with E-state index in [-0.39, 0.29) is 20.4 Å². The average molecular weight is 252 g/mol. The minimum absolute atomic E-state index is 0.0882. The number of carbonyl (C=O) groups is 1. The fourth-order valence-electron chi connectivity index (χ4n) is 1.11. The first-order valence-electron chi connectivity index (χ1n) is 4.03. The molecule has 0 spiro atoms. The van der Waals surface area contributed by atoms with Crippen LogP contribution in [0.2, 0.25) is 0 Å². The van der Waals surface area contributed by atoms with Crippen LogP contribution in [0.15, 0.2) is 36.4 Å². The van der Waals surface area contributed by atoms with E-state index in [1.54, 1.807) is 6.07 Å². The third-order valence-corrected chi connectivity index (χ3v) is 3.55. The van der Waals surface area contributed by atoms with Crippen molar-refractivity contribution in [3.8, 4) is 10.0 Å². The number of hydrogen-bond acceptors (Lipinski definition) is 2. The first kappa shape index (κ1) is 9.19. The Kier molecular flexibility index (Phi) is 2.48. The Balaban J connectivity index is 2.39. The molecule has 0 aliphatic carbocycles. The zero-order chi connectivity index (χ0) is 9.97. The monoisotopic (exact) mass is 253 g/mol. The quantitative estimate of drug-likeness (QED) is 0.824. The summed E-state index contributed by atoms with van der Waals surface area (Å²) < 4.78 is 5.00. The van der Waals surface area contributed by atoms with Crippen LogP contribution in [0.5, 0.6) is 0 Å². The van der Waals surface area contributed by atoms with Gasteiger partial charge in [0.1, 0.15) is 0 Å². The molecular formula is C10H7NO2Se. The summed E-state index contributed by atoms with van der Waals surface area (Å²) in [6, 6.07) is 11.4. The second-order valence-corrected chi connectivity index (χ2v) is 4.44. The molecule has 0 aliphatic heterocycles. The Morgan fingerprint density at radius 3 is 2.57 bits per heavy atom. The van der Waals surface area contributed by atoms with E-state index in [0.29, 0.717) is 0 Å². The number of aromatic nitrogens is 1. The number of benzene rings is 1. The summed E-state index contributed by atoms with van der Waals surface area (Å²) in [6.07, 6.45) is 0. The van der Waals surface area contributed by atoms with E-state index in [1.807, 2.05) is 30.3 Å². The molecule has 0 bridgehead atoms. The van der Waals surface area contributed by atoms with Crippen LogP contribution >= 0.6 is 0 Å². The van der Waals surface area contributed by atoms with Crippen LogP contribution in [-0.2, 0) is 0 Å². The van der Waals surface area contributed by atoms with Crippen molar-refractivity contribution in [2.75, 3.05) is 0 Å². The number of carboxylic acids is 1. The molecule has 1 N–H and O–H groups in total. The second-order valence-electron chi connectivity index (χ2n) is 2.75. The van der Waals surface area contributed by atoms with Crippen LogP contribution in [0.25, 0.3) is 10.0 Å². The molecular weight excluding hydrogens is 245 g/mol.